The van der Waals surface area contributed by atoms with Gasteiger partial charge in [0, 0.05) is 25.3 Å². The molecule has 0 bridgehead atoms. The summed E-state index contributed by atoms with van der Waals surface area (Å²) in [7, 11) is 3.74. The lowest BCUT2D eigenvalue weighted by Crippen LogP contribution is -2.10. The van der Waals surface area contributed by atoms with Gasteiger partial charge in [0.05, 0.1) is 0 Å². The van der Waals surface area contributed by atoms with Crippen molar-refractivity contribution < 1.29 is 13.9 Å². The monoisotopic (exact) mass is 263 g/mol. The number of halogens is 2. The van der Waals surface area contributed by atoms with Crippen LogP contribution in [0.15, 0.2) is 42.5 Å². The van der Waals surface area contributed by atoms with Crippen LogP contribution in [0.3, 0.4) is 0 Å². The molecule has 19 heavy (non-hydrogen) atoms. The Bertz CT molecular complexity index is 584. The van der Waals surface area contributed by atoms with Crippen LogP contribution in [0.1, 0.15) is 17.2 Å². The van der Waals surface area contributed by atoms with Gasteiger partial charge < -0.3 is 10.0 Å². The molecule has 100 valence electrons. The zero-order chi connectivity index (χ0) is 14.0. The number of hydrogen-bond donors (Lipinski definition) is 1. The molecule has 0 aliphatic rings. The van der Waals surface area contributed by atoms with E-state index in [-0.39, 0.29) is 5.56 Å². The average Bonchev–Trinajstić information content (AvgIpc) is 2.41. The molecule has 0 heterocycles. The van der Waals surface area contributed by atoms with Gasteiger partial charge in [-0.05, 0) is 35.9 Å². The highest BCUT2D eigenvalue weighted by atomic mass is 19.1. The predicted molar refractivity (Wildman–Crippen MR) is 71.2 cm³/mol. The summed E-state index contributed by atoms with van der Waals surface area (Å²) in [5.41, 5.74) is 1.35. The van der Waals surface area contributed by atoms with Crippen LogP contribution >= 0.6 is 0 Å². The molecule has 2 aromatic rings. The topological polar surface area (TPSA) is 23.5 Å². The molecular weight excluding hydrogens is 248 g/mol. The van der Waals surface area contributed by atoms with Crippen LogP contribution in [-0.2, 0) is 0 Å². The number of aliphatic hydroxyl groups excluding tert-OH is 1. The summed E-state index contributed by atoms with van der Waals surface area (Å²) in [6.07, 6.45) is -1.18. The maximum absolute atomic E-state index is 13.6. The lowest BCUT2D eigenvalue weighted by Gasteiger charge is -2.17. The first-order valence-electron chi connectivity index (χ1n) is 5.89. The highest BCUT2D eigenvalue weighted by Gasteiger charge is 2.16. The number of benzene rings is 2. The SMILES string of the molecule is CN(C)c1cccc(C(O)c2cc(F)ccc2F)c1. The van der Waals surface area contributed by atoms with E-state index in [1.54, 1.807) is 18.2 Å². The minimum atomic E-state index is -1.18. The Morgan fingerprint density at radius 3 is 2.47 bits per heavy atom. The number of rotatable bonds is 3. The molecule has 2 rings (SSSR count). The quantitative estimate of drug-likeness (QED) is 0.919. The molecule has 0 amide bonds. The van der Waals surface area contributed by atoms with Gasteiger partial charge in [0.1, 0.15) is 17.7 Å². The molecule has 2 nitrogen and oxygen atoms in total. The summed E-state index contributed by atoms with van der Waals surface area (Å²) < 4.78 is 26.8. The molecule has 1 atom stereocenters. The smallest absolute Gasteiger partial charge is 0.129 e. The first kappa shape index (κ1) is 13.5. The second kappa shape index (κ2) is 5.36. The van der Waals surface area contributed by atoms with E-state index < -0.39 is 17.7 Å². The third-order valence-electron chi connectivity index (χ3n) is 2.95. The number of nitrogens with zero attached hydrogens (tertiary/aromatic N) is 1. The highest BCUT2D eigenvalue weighted by molar-refractivity contribution is 5.49. The zero-order valence-electron chi connectivity index (χ0n) is 10.8. The van der Waals surface area contributed by atoms with E-state index in [4.69, 9.17) is 0 Å². The second-order valence-electron chi connectivity index (χ2n) is 4.56. The van der Waals surface area contributed by atoms with E-state index in [0.717, 1.165) is 23.9 Å². The van der Waals surface area contributed by atoms with Crippen LogP contribution in [0.2, 0.25) is 0 Å². The standard InChI is InChI=1S/C15H15F2NO/c1-18(2)12-5-3-4-10(8-12)15(19)13-9-11(16)6-7-14(13)17/h3-9,15,19H,1-2H3. The van der Waals surface area contributed by atoms with Gasteiger partial charge in [0.2, 0.25) is 0 Å². The zero-order valence-corrected chi connectivity index (χ0v) is 10.8. The predicted octanol–water partition coefficient (Wildman–Crippen LogP) is 3.11. The van der Waals surface area contributed by atoms with E-state index in [9.17, 15) is 13.9 Å². The van der Waals surface area contributed by atoms with Crippen molar-refractivity contribution in [3.05, 3.63) is 65.2 Å². The lowest BCUT2D eigenvalue weighted by molar-refractivity contribution is 0.214. The number of aliphatic hydroxyl groups is 1. The highest BCUT2D eigenvalue weighted by Crippen LogP contribution is 2.27. The van der Waals surface area contributed by atoms with Crippen LogP contribution in [0, 0.1) is 11.6 Å². The molecule has 0 aromatic heterocycles. The third-order valence-corrected chi connectivity index (χ3v) is 2.95. The van der Waals surface area contributed by atoms with Gasteiger partial charge >= 0.3 is 0 Å². The fraction of sp³-hybridized carbons (Fsp3) is 0.200. The van der Waals surface area contributed by atoms with Crippen LogP contribution in [0.5, 0.6) is 0 Å². The fourth-order valence-electron chi connectivity index (χ4n) is 1.88. The Morgan fingerprint density at radius 2 is 1.79 bits per heavy atom. The summed E-state index contributed by atoms with van der Waals surface area (Å²) >= 11 is 0. The van der Waals surface area contributed by atoms with Gasteiger partial charge in [-0.1, -0.05) is 12.1 Å². The van der Waals surface area contributed by atoms with Gasteiger partial charge in [-0.3, -0.25) is 0 Å². The van der Waals surface area contributed by atoms with E-state index in [1.165, 1.54) is 0 Å². The van der Waals surface area contributed by atoms with Gasteiger partial charge in [-0.15, -0.1) is 0 Å². The van der Waals surface area contributed by atoms with Crippen LogP contribution in [0.25, 0.3) is 0 Å². The normalized spacial score (nSPS) is 12.3. The van der Waals surface area contributed by atoms with Crippen molar-refractivity contribution in [1.29, 1.82) is 0 Å². The van der Waals surface area contributed by atoms with Crippen molar-refractivity contribution >= 4 is 5.69 Å². The Kier molecular flexibility index (Phi) is 3.81. The summed E-state index contributed by atoms with van der Waals surface area (Å²) in [6, 6.07) is 10.1. The summed E-state index contributed by atoms with van der Waals surface area (Å²) in [5.74, 6) is -1.19. The van der Waals surface area contributed by atoms with Crippen molar-refractivity contribution in [2.24, 2.45) is 0 Å². The lowest BCUT2D eigenvalue weighted by atomic mass is 10.0. The Labute approximate surface area is 110 Å². The van der Waals surface area contributed by atoms with Crippen LogP contribution in [-0.4, -0.2) is 19.2 Å². The summed E-state index contributed by atoms with van der Waals surface area (Å²) in [6.45, 7) is 0. The van der Waals surface area contributed by atoms with Gasteiger partial charge in [0.25, 0.3) is 0 Å². The van der Waals surface area contributed by atoms with Crippen molar-refractivity contribution in [3.8, 4) is 0 Å². The average molecular weight is 263 g/mol. The van der Waals surface area contributed by atoms with Gasteiger partial charge in [0.15, 0.2) is 0 Å². The molecule has 0 aliphatic carbocycles. The first-order chi connectivity index (χ1) is 8.99. The molecule has 1 N–H and O–H groups in total. The van der Waals surface area contributed by atoms with Crippen molar-refractivity contribution in [3.63, 3.8) is 0 Å². The summed E-state index contributed by atoms with van der Waals surface area (Å²) in [5, 5.41) is 10.2. The molecule has 4 heteroatoms. The first-order valence-corrected chi connectivity index (χ1v) is 5.89. The third kappa shape index (κ3) is 2.90. The number of anilines is 1. The Morgan fingerprint density at radius 1 is 1.05 bits per heavy atom. The van der Waals surface area contributed by atoms with E-state index in [1.807, 2.05) is 25.1 Å². The maximum Gasteiger partial charge on any atom is 0.129 e. The molecule has 0 saturated heterocycles. The largest absolute Gasteiger partial charge is 0.384 e. The van der Waals surface area contributed by atoms with Crippen molar-refractivity contribution in [2.45, 2.75) is 6.10 Å². The van der Waals surface area contributed by atoms with Crippen molar-refractivity contribution in [1.82, 2.24) is 0 Å². The molecule has 1 unspecified atom stereocenters. The van der Waals surface area contributed by atoms with E-state index >= 15 is 0 Å². The van der Waals surface area contributed by atoms with E-state index in [2.05, 4.69) is 0 Å². The molecule has 2 aromatic carbocycles. The number of hydrogen-bond acceptors (Lipinski definition) is 2. The van der Waals surface area contributed by atoms with Crippen LogP contribution < -0.4 is 4.90 Å². The molecule has 0 fully saturated rings. The maximum atomic E-state index is 13.6. The minimum absolute atomic E-state index is 0.0593. The van der Waals surface area contributed by atoms with Gasteiger partial charge in [-0.25, -0.2) is 8.78 Å². The molecule has 0 radical (unpaired) electrons. The van der Waals surface area contributed by atoms with Crippen molar-refractivity contribution in [2.75, 3.05) is 19.0 Å². The Balaban J connectivity index is 2.41. The molecule has 0 aliphatic heterocycles. The summed E-state index contributed by atoms with van der Waals surface area (Å²) in [4.78, 5) is 1.87. The molecular formula is C15H15F2NO. The Hall–Kier alpha value is -1.94. The molecule has 0 saturated carbocycles. The van der Waals surface area contributed by atoms with E-state index in [0.29, 0.717) is 5.56 Å². The fourth-order valence-corrected chi connectivity index (χ4v) is 1.88. The van der Waals surface area contributed by atoms with Crippen LogP contribution in [0.4, 0.5) is 14.5 Å². The second-order valence-corrected chi connectivity index (χ2v) is 4.56. The van der Waals surface area contributed by atoms with Gasteiger partial charge in [-0.2, -0.15) is 0 Å². The molecule has 0 spiro atoms. The minimum Gasteiger partial charge on any atom is -0.384 e.